The van der Waals surface area contributed by atoms with Crippen molar-refractivity contribution in [2.75, 3.05) is 0 Å². The van der Waals surface area contributed by atoms with Crippen LogP contribution in [0.1, 0.15) is 54.4 Å². The lowest BCUT2D eigenvalue weighted by molar-refractivity contribution is -0.174. The van der Waals surface area contributed by atoms with Crippen molar-refractivity contribution in [3.8, 4) is 0 Å². The highest BCUT2D eigenvalue weighted by molar-refractivity contribution is 6.26. The number of ketones is 4. The molecule has 0 heterocycles. The summed E-state index contributed by atoms with van der Waals surface area (Å²) < 4.78 is 0. The van der Waals surface area contributed by atoms with E-state index in [1.165, 1.54) is 26.8 Å². The molecule has 4 rings (SSSR count). The Morgan fingerprint density at radius 2 is 1.57 bits per heavy atom. The summed E-state index contributed by atoms with van der Waals surface area (Å²) in [4.78, 5) is 54.1. The highest BCUT2D eigenvalue weighted by atomic mass is 16.3. The predicted octanol–water partition coefficient (Wildman–Crippen LogP) is 3.05. The molecule has 4 aliphatic carbocycles. The van der Waals surface area contributed by atoms with Crippen LogP contribution in [0, 0.1) is 23.2 Å². The smallest absolute Gasteiger partial charge is 0.209 e. The number of carbonyl (C=O) groups is 4. The SMILES string of the molecule is CC=CCCC(=O)C1=C(O)C2(C)C(=O)C(C)(O)C1C(C(=O)C1=C(O)C(C)=C(O)C(C)(O)C1=O)C2C=CC. The molecule has 37 heavy (non-hydrogen) atoms. The molecule has 6 unspecified atom stereocenters. The Hall–Kier alpha value is -3.30. The molecule has 0 radical (unpaired) electrons. The van der Waals surface area contributed by atoms with Crippen LogP contribution < -0.4 is 0 Å². The van der Waals surface area contributed by atoms with Crippen LogP contribution in [-0.2, 0) is 19.2 Å². The molecule has 0 spiro atoms. The monoisotopic (exact) mass is 514 g/mol. The van der Waals surface area contributed by atoms with Gasteiger partial charge in [0.15, 0.2) is 23.0 Å². The van der Waals surface area contributed by atoms with Crippen LogP contribution in [0.3, 0.4) is 0 Å². The number of Topliss-reactive ketones (excluding diaryl/α,β-unsaturated/α-hetero) is 4. The van der Waals surface area contributed by atoms with Gasteiger partial charge in [-0.25, -0.2) is 0 Å². The van der Waals surface area contributed by atoms with Gasteiger partial charge < -0.3 is 25.5 Å². The topological polar surface area (TPSA) is 169 Å². The lowest BCUT2D eigenvalue weighted by Gasteiger charge is -2.57. The Morgan fingerprint density at radius 3 is 2.11 bits per heavy atom. The first-order chi connectivity index (χ1) is 17.0. The van der Waals surface area contributed by atoms with Crippen LogP contribution in [-0.4, -0.2) is 59.9 Å². The van der Waals surface area contributed by atoms with E-state index >= 15 is 0 Å². The normalized spacial score (nSPS) is 36.5. The molecule has 0 aromatic carbocycles. The van der Waals surface area contributed by atoms with Gasteiger partial charge in [0, 0.05) is 35.3 Å². The summed E-state index contributed by atoms with van der Waals surface area (Å²) in [6.45, 7) is 8.10. The van der Waals surface area contributed by atoms with Gasteiger partial charge in [0.1, 0.15) is 28.5 Å². The molecule has 6 atom stereocenters. The first kappa shape index (κ1) is 28.3. The molecule has 0 aliphatic heterocycles. The molecule has 2 bridgehead atoms. The number of aliphatic hydroxyl groups excluding tert-OH is 3. The number of rotatable bonds is 7. The Kier molecular flexibility index (Phi) is 7.05. The highest BCUT2D eigenvalue weighted by Crippen LogP contribution is 2.61. The lowest BCUT2D eigenvalue weighted by Crippen LogP contribution is -2.69. The van der Waals surface area contributed by atoms with Crippen LogP contribution in [0.5, 0.6) is 0 Å². The third kappa shape index (κ3) is 3.75. The first-order valence-electron chi connectivity index (χ1n) is 12.2. The molecular formula is C28H34O9. The average molecular weight is 515 g/mol. The maximum absolute atomic E-state index is 14.1. The number of carbonyl (C=O) groups excluding carboxylic acids is 4. The van der Waals surface area contributed by atoms with Crippen LogP contribution >= 0.6 is 0 Å². The zero-order valence-electron chi connectivity index (χ0n) is 21.8. The second-order valence-corrected chi connectivity index (χ2v) is 10.5. The van der Waals surface area contributed by atoms with Crippen molar-refractivity contribution in [2.24, 2.45) is 23.2 Å². The van der Waals surface area contributed by atoms with E-state index in [2.05, 4.69) is 0 Å². The fraction of sp³-hybridized carbons (Fsp3) is 0.500. The van der Waals surface area contributed by atoms with Crippen LogP contribution in [0.4, 0.5) is 0 Å². The van der Waals surface area contributed by atoms with Gasteiger partial charge in [-0.3, -0.25) is 19.2 Å². The number of allylic oxidation sites excluding steroid dienone is 6. The van der Waals surface area contributed by atoms with Gasteiger partial charge in [0.25, 0.3) is 0 Å². The van der Waals surface area contributed by atoms with E-state index < -0.39 is 80.4 Å². The van der Waals surface area contributed by atoms with Crippen molar-refractivity contribution < 1.29 is 44.7 Å². The lowest BCUT2D eigenvalue weighted by atomic mass is 9.44. The van der Waals surface area contributed by atoms with Crippen LogP contribution in [0.15, 0.2) is 58.3 Å². The second kappa shape index (κ2) is 9.22. The van der Waals surface area contributed by atoms with E-state index in [1.54, 1.807) is 32.1 Å². The van der Waals surface area contributed by atoms with Gasteiger partial charge in [-0.05, 0) is 48.0 Å². The third-order valence-electron chi connectivity index (χ3n) is 8.11. The van der Waals surface area contributed by atoms with Gasteiger partial charge in [-0.1, -0.05) is 24.3 Å². The van der Waals surface area contributed by atoms with E-state index in [4.69, 9.17) is 0 Å². The summed E-state index contributed by atoms with van der Waals surface area (Å²) in [7, 11) is 0. The van der Waals surface area contributed by atoms with Crippen molar-refractivity contribution in [3.63, 3.8) is 0 Å². The van der Waals surface area contributed by atoms with Gasteiger partial charge in [0.05, 0.1) is 5.41 Å². The number of fused-ring (bicyclic) bond motifs is 2. The predicted molar refractivity (Wildman–Crippen MR) is 133 cm³/mol. The van der Waals surface area contributed by atoms with Crippen molar-refractivity contribution in [1.29, 1.82) is 0 Å². The van der Waals surface area contributed by atoms with Gasteiger partial charge in [-0.2, -0.15) is 0 Å². The molecule has 9 heteroatoms. The minimum absolute atomic E-state index is 0.0624. The summed E-state index contributed by atoms with van der Waals surface area (Å²) >= 11 is 0. The zero-order chi connectivity index (χ0) is 28.2. The standard InChI is InChI=1S/C28H34O9/c1-7-9-10-12-15(29)17-19-16(14(11-8-2)26(4,23(17)33)25(35)27(19,5)36)21(31)18-20(30)13(3)22(32)28(6,37)24(18)34/h7-9,11,14,16,19,30,32-33,36-37H,10,12H2,1-6H3. The van der Waals surface area contributed by atoms with Crippen LogP contribution in [0.2, 0.25) is 0 Å². The van der Waals surface area contributed by atoms with E-state index in [1.807, 2.05) is 0 Å². The van der Waals surface area contributed by atoms with Crippen molar-refractivity contribution in [2.45, 2.75) is 65.6 Å². The van der Waals surface area contributed by atoms with Crippen molar-refractivity contribution in [3.05, 3.63) is 58.3 Å². The largest absolute Gasteiger partial charge is 0.511 e. The fourth-order valence-electron chi connectivity index (χ4n) is 6.06. The molecule has 4 aliphatic rings. The molecule has 1 fully saturated rings. The molecule has 0 saturated heterocycles. The first-order valence-corrected chi connectivity index (χ1v) is 12.2. The zero-order valence-corrected chi connectivity index (χ0v) is 21.8. The van der Waals surface area contributed by atoms with Crippen molar-refractivity contribution in [1.82, 2.24) is 0 Å². The maximum atomic E-state index is 14.1. The van der Waals surface area contributed by atoms with E-state index in [0.717, 1.165) is 6.92 Å². The fourth-order valence-corrected chi connectivity index (χ4v) is 6.06. The number of hydrogen-bond acceptors (Lipinski definition) is 9. The summed E-state index contributed by atoms with van der Waals surface area (Å²) in [6.07, 6.45) is 6.77. The Labute approximate surface area is 215 Å². The van der Waals surface area contributed by atoms with Gasteiger partial charge in [0.2, 0.25) is 5.78 Å². The molecule has 0 aromatic heterocycles. The van der Waals surface area contributed by atoms with Crippen LogP contribution in [0.25, 0.3) is 0 Å². The molecule has 5 N–H and O–H groups in total. The minimum Gasteiger partial charge on any atom is -0.511 e. The summed E-state index contributed by atoms with van der Waals surface area (Å²) in [5, 5.41) is 54.3. The highest BCUT2D eigenvalue weighted by Gasteiger charge is 2.71. The Balaban J connectivity index is 2.33. The molecular weight excluding hydrogens is 480 g/mol. The molecule has 0 amide bonds. The number of hydrogen-bond donors (Lipinski definition) is 5. The summed E-state index contributed by atoms with van der Waals surface area (Å²) in [6, 6.07) is 0. The van der Waals surface area contributed by atoms with E-state index in [0.29, 0.717) is 6.42 Å². The minimum atomic E-state index is -2.50. The average Bonchev–Trinajstić information content (AvgIpc) is 2.83. The summed E-state index contributed by atoms with van der Waals surface area (Å²) in [5.41, 5.74) is -8.02. The Bertz CT molecular complexity index is 1240. The van der Waals surface area contributed by atoms with E-state index in [9.17, 15) is 44.7 Å². The molecule has 200 valence electrons. The number of aliphatic hydroxyl groups is 5. The second-order valence-electron chi connectivity index (χ2n) is 10.5. The van der Waals surface area contributed by atoms with E-state index in [-0.39, 0.29) is 17.6 Å². The van der Waals surface area contributed by atoms with Gasteiger partial charge >= 0.3 is 0 Å². The molecule has 1 saturated carbocycles. The quantitative estimate of drug-likeness (QED) is 0.253. The molecule has 9 nitrogen and oxygen atoms in total. The Morgan fingerprint density at radius 1 is 0.973 bits per heavy atom. The summed E-state index contributed by atoms with van der Waals surface area (Å²) in [5.74, 6) is -9.87. The van der Waals surface area contributed by atoms with Crippen molar-refractivity contribution >= 4 is 23.1 Å². The maximum Gasteiger partial charge on any atom is 0.209 e. The molecule has 0 aromatic rings. The third-order valence-corrected chi connectivity index (χ3v) is 8.11. The van der Waals surface area contributed by atoms with Gasteiger partial charge in [-0.15, -0.1) is 0 Å².